The minimum Gasteiger partial charge on any atom is -0.376 e. The average Bonchev–Trinajstić information content (AvgIpc) is 2.47. The molecule has 2 unspecified atom stereocenters. The Labute approximate surface area is 110 Å². The summed E-state index contributed by atoms with van der Waals surface area (Å²) in [6.45, 7) is 0.878. The zero-order valence-corrected chi connectivity index (χ0v) is 11.0. The molecule has 2 heteroatoms. The second-order valence-corrected chi connectivity index (χ2v) is 5.67. The van der Waals surface area contributed by atoms with Crippen molar-refractivity contribution >= 4 is 0 Å². The molecule has 0 spiro atoms. The molecule has 2 N–H and O–H groups in total. The molecule has 1 fully saturated rings. The lowest BCUT2D eigenvalue weighted by Crippen LogP contribution is -2.32. The molecule has 98 valence electrons. The molecular weight excluding hydrogens is 222 g/mol. The fraction of sp³-hybridized carbons (Fsp3) is 0.625. The Morgan fingerprint density at radius 1 is 1.06 bits per heavy atom. The molecule has 0 bridgehead atoms. The molecule has 2 nitrogen and oxygen atoms in total. The van der Waals surface area contributed by atoms with Gasteiger partial charge < -0.3 is 10.5 Å². The first kappa shape index (κ1) is 12.2. The Hall–Kier alpha value is -0.860. The second-order valence-electron chi connectivity index (χ2n) is 5.67. The van der Waals surface area contributed by atoms with E-state index in [0.29, 0.717) is 0 Å². The molecule has 2 aliphatic rings. The number of hydrogen-bond donors (Lipinski definition) is 1. The lowest BCUT2D eigenvalue weighted by atomic mass is 9.87. The summed E-state index contributed by atoms with van der Waals surface area (Å²) in [6.07, 6.45) is 8.90. The summed E-state index contributed by atoms with van der Waals surface area (Å²) in [5.41, 5.74) is 10.7. The van der Waals surface area contributed by atoms with Crippen molar-refractivity contribution in [1.29, 1.82) is 0 Å². The molecule has 1 heterocycles. The normalized spacial score (nSPS) is 25.5. The molecule has 18 heavy (non-hydrogen) atoms. The van der Waals surface area contributed by atoms with Crippen molar-refractivity contribution in [2.45, 2.75) is 57.1 Å². The second kappa shape index (κ2) is 5.41. The van der Waals surface area contributed by atoms with E-state index in [-0.39, 0.29) is 12.1 Å². The van der Waals surface area contributed by atoms with E-state index in [0.717, 1.165) is 13.0 Å². The van der Waals surface area contributed by atoms with Crippen LogP contribution in [0.3, 0.4) is 0 Å². The van der Waals surface area contributed by atoms with Gasteiger partial charge in [0.05, 0.1) is 12.1 Å². The summed E-state index contributed by atoms with van der Waals surface area (Å²) in [4.78, 5) is 0. The lowest BCUT2D eigenvalue weighted by Gasteiger charge is -2.29. The Morgan fingerprint density at radius 3 is 2.67 bits per heavy atom. The fourth-order valence-corrected chi connectivity index (χ4v) is 3.22. The third-order valence-corrected chi connectivity index (χ3v) is 4.37. The predicted molar refractivity (Wildman–Crippen MR) is 73.6 cm³/mol. The summed E-state index contributed by atoms with van der Waals surface area (Å²) < 4.78 is 5.81. The van der Waals surface area contributed by atoms with Crippen molar-refractivity contribution in [3.63, 3.8) is 0 Å². The Bertz CT molecular complexity index is 410. The Morgan fingerprint density at radius 2 is 1.89 bits per heavy atom. The third-order valence-electron chi connectivity index (χ3n) is 4.37. The monoisotopic (exact) mass is 245 g/mol. The third kappa shape index (κ3) is 2.45. The van der Waals surface area contributed by atoms with E-state index in [4.69, 9.17) is 10.5 Å². The van der Waals surface area contributed by atoms with Crippen molar-refractivity contribution in [1.82, 2.24) is 0 Å². The lowest BCUT2D eigenvalue weighted by molar-refractivity contribution is -0.00000283. The van der Waals surface area contributed by atoms with Gasteiger partial charge in [0, 0.05) is 6.61 Å². The summed E-state index contributed by atoms with van der Waals surface area (Å²) >= 11 is 0. The summed E-state index contributed by atoms with van der Waals surface area (Å²) in [5, 5.41) is 0. The van der Waals surface area contributed by atoms with Gasteiger partial charge in [-0.3, -0.25) is 0 Å². The van der Waals surface area contributed by atoms with Crippen LogP contribution in [0.2, 0.25) is 0 Å². The van der Waals surface area contributed by atoms with Crippen LogP contribution in [0.4, 0.5) is 0 Å². The van der Waals surface area contributed by atoms with Crippen molar-refractivity contribution in [3.8, 4) is 0 Å². The number of benzene rings is 1. The van der Waals surface area contributed by atoms with Crippen LogP contribution in [0.1, 0.15) is 54.8 Å². The molecule has 3 rings (SSSR count). The average molecular weight is 245 g/mol. The van der Waals surface area contributed by atoms with Gasteiger partial charge in [-0.1, -0.05) is 18.2 Å². The minimum atomic E-state index is 0.0533. The number of hydrogen-bond acceptors (Lipinski definition) is 2. The highest BCUT2D eigenvalue weighted by Crippen LogP contribution is 2.28. The van der Waals surface area contributed by atoms with Crippen LogP contribution in [0.5, 0.6) is 0 Å². The first-order valence-electron chi connectivity index (χ1n) is 7.33. The number of aryl methyl sites for hydroxylation is 2. The van der Waals surface area contributed by atoms with Crippen LogP contribution >= 0.6 is 0 Å². The van der Waals surface area contributed by atoms with Gasteiger partial charge in [-0.2, -0.15) is 0 Å². The van der Waals surface area contributed by atoms with Gasteiger partial charge in [0.1, 0.15) is 0 Å². The van der Waals surface area contributed by atoms with E-state index in [1.165, 1.54) is 55.2 Å². The number of nitrogens with two attached hydrogens (primary N) is 1. The maximum atomic E-state index is 6.38. The molecule has 0 saturated carbocycles. The van der Waals surface area contributed by atoms with Crippen LogP contribution in [0.25, 0.3) is 0 Å². The maximum absolute atomic E-state index is 6.38. The molecule has 1 aromatic carbocycles. The van der Waals surface area contributed by atoms with E-state index < -0.39 is 0 Å². The first-order chi connectivity index (χ1) is 8.84. The number of ether oxygens (including phenoxy) is 1. The van der Waals surface area contributed by atoms with Crippen molar-refractivity contribution in [2.75, 3.05) is 6.61 Å². The van der Waals surface area contributed by atoms with E-state index in [9.17, 15) is 0 Å². The number of fused-ring (bicyclic) bond motifs is 1. The Balaban J connectivity index is 1.78. The van der Waals surface area contributed by atoms with Crippen LogP contribution in [-0.2, 0) is 17.6 Å². The van der Waals surface area contributed by atoms with Crippen LogP contribution in [0.15, 0.2) is 18.2 Å². The van der Waals surface area contributed by atoms with Crippen LogP contribution in [-0.4, -0.2) is 12.7 Å². The summed E-state index contributed by atoms with van der Waals surface area (Å²) in [5.74, 6) is 0. The molecule has 1 aromatic rings. The van der Waals surface area contributed by atoms with Gasteiger partial charge in [0.25, 0.3) is 0 Å². The van der Waals surface area contributed by atoms with Gasteiger partial charge >= 0.3 is 0 Å². The van der Waals surface area contributed by atoms with E-state index in [2.05, 4.69) is 18.2 Å². The highest BCUT2D eigenvalue weighted by Gasteiger charge is 2.23. The van der Waals surface area contributed by atoms with E-state index >= 15 is 0 Å². The van der Waals surface area contributed by atoms with E-state index in [1.54, 1.807) is 0 Å². The minimum absolute atomic E-state index is 0.0533. The topological polar surface area (TPSA) is 35.2 Å². The summed E-state index contributed by atoms with van der Waals surface area (Å²) in [6, 6.07) is 6.88. The van der Waals surface area contributed by atoms with Crippen LogP contribution < -0.4 is 5.73 Å². The maximum Gasteiger partial charge on any atom is 0.0767 e. The molecule has 1 aliphatic carbocycles. The van der Waals surface area contributed by atoms with Gasteiger partial charge in [-0.15, -0.1) is 0 Å². The van der Waals surface area contributed by atoms with Gasteiger partial charge in [0.15, 0.2) is 0 Å². The molecule has 0 radical (unpaired) electrons. The largest absolute Gasteiger partial charge is 0.376 e. The van der Waals surface area contributed by atoms with Crippen molar-refractivity contribution in [2.24, 2.45) is 5.73 Å². The highest BCUT2D eigenvalue weighted by molar-refractivity contribution is 5.35. The zero-order chi connectivity index (χ0) is 12.4. The highest BCUT2D eigenvalue weighted by atomic mass is 16.5. The Kier molecular flexibility index (Phi) is 3.67. The SMILES string of the molecule is NC(c1ccc2c(c1)CCCC2)C1CCCCO1. The fourth-order valence-electron chi connectivity index (χ4n) is 3.22. The zero-order valence-electron chi connectivity index (χ0n) is 11.0. The van der Waals surface area contributed by atoms with Gasteiger partial charge in [0.2, 0.25) is 0 Å². The quantitative estimate of drug-likeness (QED) is 0.868. The van der Waals surface area contributed by atoms with E-state index in [1.807, 2.05) is 0 Å². The van der Waals surface area contributed by atoms with Crippen molar-refractivity contribution in [3.05, 3.63) is 34.9 Å². The first-order valence-corrected chi connectivity index (χ1v) is 7.33. The van der Waals surface area contributed by atoms with Gasteiger partial charge in [-0.25, -0.2) is 0 Å². The molecular formula is C16H23NO. The standard InChI is InChI=1S/C16H23NO/c17-16(15-7-3-4-10-18-15)14-9-8-12-5-1-2-6-13(12)11-14/h8-9,11,15-16H,1-7,10,17H2. The molecule has 1 saturated heterocycles. The molecule has 0 amide bonds. The smallest absolute Gasteiger partial charge is 0.0767 e. The molecule has 2 atom stereocenters. The predicted octanol–water partition coefficient (Wildman–Crippen LogP) is 3.13. The van der Waals surface area contributed by atoms with Crippen LogP contribution in [0, 0.1) is 0 Å². The van der Waals surface area contributed by atoms with Gasteiger partial charge in [-0.05, 0) is 61.6 Å². The molecule has 1 aliphatic heterocycles. The molecule has 0 aromatic heterocycles. The number of rotatable bonds is 2. The van der Waals surface area contributed by atoms with Crippen molar-refractivity contribution < 1.29 is 4.74 Å². The summed E-state index contributed by atoms with van der Waals surface area (Å²) in [7, 11) is 0.